The van der Waals surface area contributed by atoms with Crippen molar-refractivity contribution >= 4 is 55.1 Å². The highest BCUT2D eigenvalue weighted by Gasteiger charge is 2.23. The highest BCUT2D eigenvalue weighted by molar-refractivity contribution is 6.32. The van der Waals surface area contributed by atoms with Gasteiger partial charge in [0.2, 0.25) is 0 Å². The van der Waals surface area contributed by atoms with Crippen LogP contribution in [-0.4, -0.2) is 9.97 Å². The molecule has 0 radical (unpaired) electrons. The van der Waals surface area contributed by atoms with Crippen LogP contribution < -0.4 is 4.90 Å². The Hall–Kier alpha value is -6.32. The van der Waals surface area contributed by atoms with E-state index in [0.29, 0.717) is 0 Å². The van der Waals surface area contributed by atoms with E-state index in [1.165, 1.54) is 71.3 Å². The van der Waals surface area contributed by atoms with Crippen LogP contribution in [0.4, 0.5) is 17.2 Å². The lowest BCUT2D eigenvalue weighted by molar-refractivity contribution is 1.04. The largest absolute Gasteiger partial charge is 0.294 e. The molecule has 0 N–H and O–H groups in total. The number of benzene rings is 7. The van der Waals surface area contributed by atoms with Crippen molar-refractivity contribution in [2.75, 3.05) is 4.90 Å². The van der Waals surface area contributed by atoms with E-state index in [1.54, 1.807) is 12.4 Å². The lowest BCUT2D eigenvalue weighted by Gasteiger charge is -2.26. The highest BCUT2D eigenvalue weighted by Crippen LogP contribution is 2.49. The number of aryl methyl sites for hydroxylation is 1. The van der Waals surface area contributed by atoms with Gasteiger partial charge in [-0.1, -0.05) is 127 Å². The number of rotatable bonds is 6. The number of hydrogen-bond acceptors (Lipinski definition) is 3. The van der Waals surface area contributed by atoms with Gasteiger partial charge < -0.3 is 0 Å². The lowest BCUT2D eigenvalue weighted by Crippen LogP contribution is -2.11. The quantitative estimate of drug-likeness (QED) is 0.169. The van der Waals surface area contributed by atoms with E-state index >= 15 is 0 Å². The van der Waals surface area contributed by atoms with Gasteiger partial charge in [0.15, 0.2) is 5.82 Å². The Morgan fingerprint density at radius 2 is 1.26 bits per heavy atom. The molecule has 50 heavy (non-hydrogen) atoms. The van der Waals surface area contributed by atoms with Gasteiger partial charge in [0.25, 0.3) is 0 Å². The first-order valence-corrected chi connectivity index (χ1v) is 17.3. The van der Waals surface area contributed by atoms with Crippen LogP contribution >= 0.6 is 0 Å². The van der Waals surface area contributed by atoms with Crippen LogP contribution in [0.2, 0.25) is 0 Å². The molecule has 8 aromatic rings. The van der Waals surface area contributed by atoms with E-state index in [1.807, 2.05) is 6.20 Å². The summed E-state index contributed by atoms with van der Waals surface area (Å²) in [5.41, 5.74) is 10.8. The summed E-state index contributed by atoms with van der Waals surface area (Å²) in [5, 5.41) is 7.44. The summed E-state index contributed by atoms with van der Waals surface area (Å²) < 4.78 is 0. The molecule has 3 heteroatoms. The van der Waals surface area contributed by atoms with Crippen LogP contribution in [0.25, 0.3) is 60.1 Å². The van der Waals surface area contributed by atoms with Gasteiger partial charge in [-0.2, -0.15) is 0 Å². The molecule has 0 fully saturated rings. The maximum absolute atomic E-state index is 4.76. The zero-order chi connectivity index (χ0) is 33.4. The van der Waals surface area contributed by atoms with Crippen molar-refractivity contribution in [3.8, 4) is 22.3 Å². The second-order valence-corrected chi connectivity index (χ2v) is 13.0. The lowest BCUT2D eigenvalue weighted by atomic mass is 9.80. The predicted octanol–water partition coefficient (Wildman–Crippen LogP) is 12.8. The van der Waals surface area contributed by atoms with Crippen molar-refractivity contribution < 1.29 is 0 Å². The van der Waals surface area contributed by atoms with Crippen LogP contribution in [0, 0.1) is 6.92 Å². The summed E-state index contributed by atoms with van der Waals surface area (Å²) in [7, 11) is 0. The summed E-state index contributed by atoms with van der Waals surface area (Å²) in [6.45, 7) is 2.12. The number of aromatic nitrogens is 2. The molecule has 9 rings (SSSR count). The molecule has 1 heterocycles. The first-order valence-electron chi connectivity index (χ1n) is 17.3. The minimum Gasteiger partial charge on any atom is -0.294 e. The molecular weight excluding hydrogens is 607 g/mol. The molecule has 0 saturated carbocycles. The van der Waals surface area contributed by atoms with Gasteiger partial charge >= 0.3 is 0 Å². The maximum atomic E-state index is 4.76. The minimum atomic E-state index is 0.774. The molecule has 1 aliphatic rings. The number of allylic oxidation sites excluding steroid dienone is 4. The normalized spacial score (nSPS) is 12.8. The molecule has 0 aliphatic heterocycles. The smallest absolute Gasteiger partial charge is 0.156 e. The summed E-state index contributed by atoms with van der Waals surface area (Å²) in [6.07, 6.45) is 14.5. The average molecular weight is 642 g/mol. The van der Waals surface area contributed by atoms with E-state index in [9.17, 15) is 0 Å². The SMILES string of the molecule is Cc1ccc(N(c2ccc3c(c2)c2ccccc2c2c(-c4ccccc4)cc(C4=CCCC=C4)c(-c4ccccc4)c32)c2cnccn2)cc1. The molecule has 0 spiro atoms. The van der Waals surface area contributed by atoms with E-state index < -0.39 is 0 Å². The second-order valence-electron chi connectivity index (χ2n) is 13.0. The van der Waals surface area contributed by atoms with Crippen molar-refractivity contribution in [1.82, 2.24) is 9.97 Å². The van der Waals surface area contributed by atoms with E-state index in [-0.39, 0.29) is 0 Å². The van der Waals surface area contributed by atoms with Gasteiger partial charge in [0.1, 0.15) is 0 Å². The molecular formula is C47H35N3. The minimum absolute atomic E-state index is 0.774. The number of hydrogen-bond donors (Lipinski definition) is 0. The molecule has 238 valence electrons. The van der Waals surface area contributed by atoms with Crippen molar-refractivity contribution in [3.63, 3.8) is 0 Å². The van der Waals surface area contributed by atoms with E-state index in [4.69, 9.17) is 4.98 Å². The molecule has 7 aromatic carbocycles. The highest BCUT2D eigenvalue weighted by atomic mass is 15.2. The van der Waals surface area contributed by atoms with Crippen LogP contribution in [0.1, 0.15) is 24.0 Å². The first-order chi connectivity index (χ1) is 24.7. The zero-order valence-electron chi connectivity index (χ0n) is 27.9. The van der Waals surface area contributed by atoms with Crippen molar-refractivity contribution in [1.29, 1.82) is 0 Å². The third-order valence-electron chi connectivity index (χ3n) is 9.87. The summed E-state index contributed by atoms with van der Waals surface area (Å²) in [6, 6.07) is 48.7. The molecule has 0 atom stereocenters. The van der Waals surface area contributed by atoms with Gasteiger partial charge in [-0.15, -0.1) is 0 Å². The molecule has 1 aromatic heterocycles. The summed E-state index contributed by atoms with van der Waals surface area (Å²) >= 11 is 0. The Balaban J connectivity index is 1.45. The Morgan fingerprint density at radius 3 is 1.98 bits per heavy atom. The molecule has 0 bridgehead atoms. The van der Waals surface area contributed by atoms with Gasteiger partial charge in [0, 0.05) is 23.8 Å². The fourth-order valence-corrected chi connectivity index (χ4v) is 7.59. The molecule has 0 saturated heterocycles. The van der Waals surface area contributed by atoms with Gasteiger partial charge in [-0.3, -0.25) is 9.88 Å². The number of anilines is 3. The average Bonchev–Trinajstić information content (AvgIpc) is 3.19. The third kappa shape index (κ3) is 5.15. The molecule has 0 amide bonds. The third-order valence-corrected chi connectivity index (χ3v) is 9.87. The monoisotopic (exact) mass is 641 g/mol. The standard InChI is InChI=1S/C47H35N3/c1-32-21-23-36(24-22-32)50(44-31-48-27-28-49-44)37-25-26-40-43(29-37)38-19-11-12-20-39(38)46-42(34-15-7-3-8-16-34)30-41(33-13-5-2-6-14-33)45(47(40)46)35-17-9-4-10-18-35/h3-5,7-31H,2,6H2,1H3. The Kier molecular flexibility index (Phi) is 7.51. The Labute approximate surface area is 292 Å². The summed E-state index contributed by atoms with van der Waals surface area (Å²) in [5.74, 6) is 0.774. The fraction of sp³-hybridized carbons (Fsp3) is 0.0638. The molecule has 3 nitrogen and oxygen atoms in total. The predicted molar refractivity (Wildman–Crippen MR) is 211 cm³/mol. The first kappa shape index (κ1) is 29.8. The van der Waals surface area contributed by atoms with E-state index in [0.717, 1.165) is 30.0 Å². The maximum Gasteiger partial charge on any atom is 0.156 e. The summed E-state index contributed by atoms with van der Waals surface area (Å²) in [4.78, 5) is 11.4. The fourth-order valence-electron chi connectivity index (χ4n) is 7.59. The van der Waals surface area contributed by atoms with Crippen LogP contribution in [0.5, 0.6) is 0 Å². The van der Waals surface area contributed by atoms with Crippen molar-refractivity contribution in [3.05, 3.63) is 181 Å². The topological polar surface area (TPSA) is 29.0 Å². The van der Waals surface area contributed by atoms with Crippen LogP contribution in [-0.2, 0) is 0 Å². The van der Waals surface area contributed by atoms with Crippen molar-refractivity contribution in [2.45, 2.75) is 19.8 Å². The van der Waals surface area contributed by atoms with Crippen molar-refractivity contribution in [2.24, 2.45) is 0 Å². The number of nitrogens with zero attached hydrogens (tertiary/aromatic N) is 3. The zero-order valence-corrected chi connectivity index (χ0v) is 27.9. The second kappa shape index (κ2) is 12.6. The van der Waals surface area contributed by atoms with Gasteiger partial charge in [-0.25, -0.2) is 4.98 Å². The van der Waals surface area contributed by atoms with Gasteiger partial charge in [0.05, 0.1) is 6.20 Å². The Bertz CT molecular complexity index is 2570. The van der Waals surface area contributed by atoms with Crippen LogP contribution in [0.3, 0.4) is 0 Å². The van der Waals surface area contributed by atoms with Gasteiger partial charge in [-0.05, 0) is 116 Å². The van der Waals surface area contributed by atoms with E-state index in [2.05, 4.69) is 168 Å². The molecule has 1 aliphatic carbocycles. The molecule has 0 unspecified atom stereocenters. The number of fused-ring (bicyclic) bond motifs is 6. The Morgan fingerprint density at radius 1 is 0.560 bits per heavy atom. The van der Waals surface area contributed by atoms with Crippen LogP contribution in [0.15, 0.2) is 170 Å².